The van der Waals surface area contributed by atoms with Crippen molar-refractivity contribution in [1.29, 1.82) is 0 Å². The molecule has 190 valence electrons. The summed E-state index contributed by atoms with van der Waals surface area (Å²) in [5.74, 6) is 0.215. The largest absolute Gasteiger partial charge is 0.465 e. The molecule has 0 aliphatic carbocycles. The maximum absolute atomic E-state index is 13.0. The van der Waals surface area contributed by atoms with E-state index in [9.17, 15) is 14.4 Å². The number of carbonyl (C=O) groups excluding carboxylic acids is 3. The van der Waals surface area contributed by atoms with Crippen LogP contribution in [0.15, 0.2) is 28.3 Å². The van der Waals surface area contributed by atoms with Gasteiger partial charge < -0.3 is 19.3 Å². The van der Waals surface area contributed by atoms with Crippen LogP contribution in [0, 0.1) is 0 Å². The Kier molecular flexibility index (Phi) is 6.85. The van der Waals surface area contributed by atoms with Gasteiger partial charge in [-0.25, -0.2) is 4.79 Å². The molecule has 9 nitrogen and oxygen atoms in total. The van der Waals surface area contributed by atoms with Crippen LogP contribution >= 0.6 is 23.2 Å². The number of likely N-dealkylation sites (N-methyl/N-ethyl adjacent to an activating group) is 1. The maximum atomic E-state index is 13.0. The number of nitrogens with zero attached hydrogens (tertiary/aromatic N) is 4. The molecule has 0 saturated carbocycles. The molecule has 1 unspecified atom stereocenters. The number of hydrogen-bond donors (Lipinski definition) is 0. The van der Waals surface area contributed by atoms with Crippen molar-refractivity contribution in [2.45, 2.75) is 52.1 Å². The van der Waals surface area contributed by atoms with E-state index in [-0.39, 0.29) is 21.9 Å². The summed E-state index contributed by atoms with van der Waals surface area (Å²) in [5, 5.41) is 0.197. The number of benzene rings is 1. The third-order valence-electron chi connectivity index (χ3n) is 6.36. The van der Waals surface area contributed by atoms with Crippen molar-refractivity contribution in [2.24, 2.45) is 0 Å². The minimum atomic E-state index is -0.697. The molecule has 1 aromatic rings. The second-order valence-electron chi connectivity index (χ2n) is 9.94. The lowest BCUT2D eigenvalue weighted by Gasteiger charge is -2.39. The van der Waals surface area contributed by atoms with E-state index in [1.807, 2.05) is 18.2 Å². The average molecular weight is 525 g/mol. The summed E-state index contributed by atoms with van der Waals surface area (Å²) in [7, 11) is 1.58. The molecule has 0 aromatic heterocycles. The van der Waals surface area contributed by atoms with Crippen molar-refractivity contribution in [3.05, 3.63) is 33.8 Å². The van der Waals surface area contributed by atoms with Crippen LogP contribution in [0.5, 0.6) is 5.75 Å². The first-order valence-corrected chi connectivity index (χ1v) is 12.3. The van der Waals surface area contributed by atoms with Crippen LogP contribution in [0.3, 0.4) is 0 Å². The molecule has 3 aliphatic heterocycles. The Morgan fingerprint density at radius 3 is 2.46 bits per heavy atom. The Hall–Kier alpha value is -2.65. The Bertz CT molecular complexity index is 1080. The van der Waals surface area contributed by atoms with E-state index < -0.39 is 24.0 Å². The van der Waals surface area contributed by atoms with Crippen molar-refractivity contribution >= 4 is 46.8 Å². The number of hydrogen-bond acceptors (Lipinski definition) is 6. The highest BCUT2D eigenvalue weighted by molar-refractivity contribution is 6.49. The van der Waals surface area contributed by atoms with E-state index in [0.717, 1.165) is 11.3 Å². The van der Waals surface area contributed by atoms with E-state index in [0.29, 0.717) is 38.5 Å². The fourth-order valence-electron chi connectivity index (χ4n) is 4.24. The number of piperazine rings is 1. The van der Waals surface area contributed by atoms with Gasteiger partial charge in [0.1, 0.15) is 27.5 Å². The molecule has 11 heteroatoms. The van der Waals surface area contributed by atoms with E-state index in [1.54, 1.807) is 39.6 Å². The normalized spacial score (nSPS) is 20.8. The summed E-state index contributed by atoms with van der Waals surface area (Å²) >= 11 is 12.2. The lowest BCUT2D eigenvalue weighted by molar-refractivity contribution is -0.136. The predicted molar refractivity (Wildman–Crippen MR) is 132 cm³/mol. The topological polar surface area (TPSA) is 82.6 Å². The van der Waals surface area contributed by atoms with Crippen molar-refractivity contribution in [3.8, 4) is 5.75 Å². The van der Waals surface area contributed by atoms with Crippen LogP contribution in [0.4, 0.5) is 10.5 Å². The van der Waals surface area contributed by atoms with Crippen molar-refractivity contribution < 1.29 is 23.9 Å². The first kappa shape index (κ1) is 25.4. The molecule has 0 spiro atoms. The minimum absolute atomic E-state index is 0.00275. The van der Waals surface area contributed by atoms with E-state index in [4.69, 9.17) is 32.7 Å². The molecule has 0 radical (unpaired) electrons. The van der Waals surface area contributed by atoms with Crippen LogP contribution in [0.25, 0.3) is 0 Å². The van der Waals surface area contributed by atoms with Gasteiger partial charge in [-0.15, -0.1) is 0 Å². The minimum Gasteiger partial charge on any atom is -0.465 e. The fourth-order valence-corrected chi connectivity index (χ4v) is 4.69. The molecule has 3 amide bonds. The summed E-state index contributed by atoms with van der Waals surface area (Å²) in [6.45, 7) is 9.78. The summed E-state index contributed by atoms with van der Waals surface area (Å²) in [4.78, 5) is 44.4. The van der Waals surface area contributed by atoms with E-state index in [2.05, 4.69) is 4.90 Å². The van der Waals surface area contributed by atoms with Gasteiger partial charge in [0.05, 0.1) is 6.54 Å². The lowest BCUT2D eigenvalue weighted by atomic mass is 10.1. The van der Waals surface area contributed by atoms with E-state index >= 15 is 0 Å². The fraction of sp³-hybridized carbons (Fsp3) is 0.542. The average Bonchev–Trinajstić information content (AvgIpc) is 3.03. The van der Waals surface area contributed by atoms with Gasteiger partial charge in [-0.05, 0) is 33.8 Å². The third-order valence-corrected chi connectivity index (χ3v) is 7.20. The highest BCUT2D eigenvalue weighted by atomic mass is 35.5. The van der Waals surface area contributed by atoms with Gasteiger partial charge in [0, 0.05) is 50.5 Å². The molecule has 0 bridgehead atoms. The first-order chi connectivity index (χ1) is 16.4. The molecule has 1 fully saturated rings. The molecular weight excluding hydrogens is 495 g/mol. The standard InChI is InChI=1S/C24H30Cl2N4O5/c1-14(27(5)23(33)35-24(2,3)4)20(31)29-10-8-28(9-11-29)16-7-6-15-13-30-21(32)18(25)19(26)22(30)34-17(15)12-16/h6-7,12,14,22H,8-11,13H2,1-5H3/t14-,22?/m0/s1. The first-order valence-electron chi connectivity index (χ1n) is 11.5. The highest BCUT2D eigenvalue weighted by Crippen LogP contribution is 2.40. The van der Waals surface area contributed by atoms with Crippen LogP contribution in [-0.2, 0) is 20.9 Å². The summed E-state index contributed by atoms with van der Waals surface area (Å²) in [6.07, 6.45) is -1.22. The molecule has 2 atom stereocenters. The van der Waals surface area contributed by atoms with Crippen LogP contribution < -0.4 is 9.64 Å². The van der Waals surface area contributed by atoms with Gasteiger partial charge in [0.25, 0.3) is 5.91 Å². The Morgan fingerprint density at radius 1 is 1.17 bits per heavy atom. The van der Waals surface area contributed by atoms with Gasteiger partial charge in [0.15, 0.2) is 0 Å². The molecule has 1 aromatic carbocycles. The zero-order chi connectivity index (χ0) is 25.7. The van der Waals surface area contributed by atoms with Gasteiger partial charge in [0.2, 0.25) is 12.1 Å². The number of ether oxygens (including phenoxy) is 2. The number of rotatable bonds is 3. The molecule has 1 saturated heterocycles. The molecule has 0 N–H and O–H groups in total. The number of fused-ring (bicyclic) bond motifs is 2. The lowest BCUT2D eigenvalue weighted by Crippen LogP contribution is -2.55. The van der Waals surface area contributed by atoms with Gasteiger partial charge in [-0.1, -0.05) is 29.3 Å². The van der Waals surface area contributed by atoms with Crippen molar-refractivity contribution in [2.75, 3.05) is 38.1 Å². The zero-order valence-electron chi connectivity index (χ0n) is 20.5. The molecule has 3 heterocycles. The SMILES string of the molecule is C[C@@H](C(=O)N1CCN(c2ccc3c(c2)OC2C(Cl)=C(Cl)C(=O)N2C3)CC1)N(C)C(=O)OC(C)(C)C. The second-order valence-corrected chi connectivity index (χ2v) is 10.7. The predicted octanol–water partition coefficient (Wildman–Crippen LogP) is 3.34. The number of carbonyl (C=O) groups is 3. The van der Waals surface area contributed by atoms with Gasteiger partial charge in [-0.3, -0.25) is 19.4 Å². The summed E-state index contributed by atoms with van der Waals surface area (Å²) in [5.41, 5.74) is 1.21. The molecule has 35 heavy (non-hydrogen) atoms. The molecule has 4 rings (SSSR count). The summed E-state index contributed by atoms with van der Waals surface area (Å²) < 4.78 is 11.4. The third kappa shape index (κ3) is 5.02. The monoisotopic (exact) mass is 524 g/mol. The Labute approximate surface area is 215 Å². The molecular formula is C24H30Cl2N4O5. The van der Waals surface area contributed by atoms with Crippen molar-refractivity contribution in [3.63, 3.8) is 0 Å². The van der Waals surface area contributed by atoms with Crippen LogP contribution in [0.1, 0.15) is 33.3 Å². The smallest absolute Gasteiger partial charge is 0.410 e. The van der Waals surface area contributed by atoms with Gasteiger partial charge in [-0.2, -0.15) is 0 Å². The zero-order valence-corrected chi connectivity index (χ0v) is 22.0. The number of anilines is 1. The highest BCUT2D eigenvalue weighted by Gasteiger charge is 2.42. The van der Waals surface area contributed by atoms with Crippen molar-refractivity contribution in [1.82, 2.24) is 14.7 Å². The number of halogens is 2. The maximum Gasteiger partial charge on any atom is 0.410 e. The summed E-state index contributed by atoms with van der Waals surface area (Å²) in [6, 6.07) is 5.22. The quantitative estimate of drug-likeness (QED) is 0.602. The van der Waals surface area contributed by atoms with Gasteiger partial charge >= 0.3 is 6.09 Å². The number of amides is 3. The van der Waals surface area contributed by atoms with Crippen LogP contribution in [-0.4, -0.2) is 83.7 Å². The molecule has 3 aliphatic rings. The van der Waals surface area contributed by atoms with Crippen LogP contribution in [0.2, 0.25) is 0 Å². The Morgan fingerprint density at radius 2 is 1.83 bits per heavy atom. The Balaban J connectivity index is 1.37. The second kappa shape index (κ2) is 9.43. The van der Waals surface area contributed by atoms with E-state index in [1.165, 1.54) is 9.80 Å².